The van der Waals surface area contributed by atoms with E-state index in [4.69, 9.17) is 0 Å². The zero-order valence-electron chi connectivity index (χ0n) is 17.5. The molecule has 0 aliphatic carbocycles. The topological polar surface area (TPSA) is 67.1 Å². The average molecular weight is 402 g/mol. The molecule has 8 heteroatoms. The minimum atomic E-state index is -1.03. The normalized spacial score (nSPS) is 19.1. The highest BCUT2D eigenvalue weighted by atomic mass is 19.1. The molecule has 29 heavy (non-hydrogen) atoms. The molecule has 156 valence electrons. The number of anilines is 1. The predicted molar refractivity (Wildman–Crippen MR) is 111 cm³/mol. The molecule has 1 aliphatic rings. The summed E-state index contributed by atoms with van der Waals surface area (Å²) in [6, 6.07) is 2.21. The van der Waals surface area contributed by atoms with Crippen molar-refractivity contribution in [3.63, 3.8) is 0 Å². The first kappa shape index (κ1) is 21.1. The number of alkyl halides is 1. The van der Waals surface area contributed by atoms with Gasteiger partial charge in [0.15, 0.2) is 5.65 Å². The highest BCUT2D eigenvalue weighted by molar-refractivity contribution is 5.62. The van der Waals surface area contributed by atoms with E-state index in [-0.39, 0.29) is 12.0 Å². The maximum atomic E-state index is 14.2. The van der Waals surface area contributed by atoms with Crippen LogP contribution in [0.5, 0.6) is 0 Å². The Kier molecular flexibility index (Phi) is 6.12. The Morgan fingerprint density at radius 1 is 1.14 bits per heavy atom. The van der Waals surface area contributed by atoms with Gasteiger partial charge in [-0.25, -0.2) is 18.7 Å². The molecule has 4 rings (SSSR count). The summed E-state index contributed by atoms with van der Waals surface area (Å²) in [7, 11) is 0. The Morgan fingerprint density at radius 3 is 2.55 bits per heavy atom. The fourth-order valence-electron chi connectivity index (χ4n) is 3.15. The standard InChI is InChI=1S/C19H22F2N6.C2H6/c1-19(2,3)16-10-27-15(8-24-18(27)9-23-16)13-4-11(20)5-17(25-13)26-14-7-22-6-12(14)21;1-2/h4-5,8-10,12,14,22H,6-7H2,1-3H3,(H,25,26);1-2H3. The molecule has 1 aliphatic heterocycles. The quantitative estimate of drug-likeness (QED) is 0.694. The number of fused-ring (bicyclic) bond motifs is 1. The lowest BCUT2D eigenvalue weighted by Crippen LogP contribution is -2.29. The summed E-state index contributed by atoms with van der Waals surface area (Å²) in [5.74, 6) is -0.134. The second kappa shape index (κ2) is 8.41. The van der Waals surface area contributed by atoms with Crippen LogP contribution in [0.4, 0.5) is 14.6 Å². The Bertz CT molecular complexity index is 979. The summed E-state index contributed by atoms with van der Waals surface area (Å²) in [5.41, 5.74) is 2.49. The van der Waals surface area contributed by atoms with Crippen LogP contribution in [0.3, 0.4) is 0 Å². The Balaban J connectivity index is 0.00000117. The van der Waals surface area contributed by atoms with Gasteiger partial charge in [0.2, 0.25) is 0 Å². The lowest BCUT2D eigenvalue weighted by atomic mass is 9.93. The molecule has 4 heterocycles. The number of imidazole rings is 1. The molecule has 0 spiro atoms. The molecule has 2 N–H and O–H groups in total. The first-order valence-corrected chi connectivity index (χ1v) is 9.94. The van der Waals surface area contributed by atoms with Crippen LogP contribution in [-0.4, -0.2) is 44.7 Å². The van der Waals surface area contributed by atoms with E-state index in [1.54, 1.807) is 12.4 Å². The van der Waals surface area contributed by atoms with E-state index in [0.717, 1.165) is 5.69 Å². The smallest absolute Gasteiger partial charge is 0.155 e. The van der Waals surface area contributed by atoms with Crippen LogP contribution >= 0.6 is 0 Å². The lowest BCUT2D eigenvalue weighted by Gasteiger charge is -2.18. The van der Waals surface area contributed by atoms with Gasteiger partial charge in [-0.15, -0.1) is 0 Å². The number of pyridine rings is 1. The molecule has 0 saturated carbocycles. The van der Waals surface area contributed by atoms with Crippen molar-refractivity contribution in [1.82, 2.24) is 24.7 Å². The van der Waals surface area contributed by atoms with E-state index >= 15 is 0 Å². The van der Waals surface area contributed by atoms with Gasteiger partial charge >= 0.3 is 0 Å². The van der Waals surface area contributed by atoms with Gasteiger partial charge in [0, 0.05) is 36.8 Å². The van der Waals surface area contributed by atoms with Crippen molar-refractivity contribution in [2.45, 2.75) is 52.2 Å². The van der Waals surface area contributed by atoms with E-state index in [0.29, 0.717) is 29.4 Å². The first-order chi connectivity index (χ1) is 13.8. The number of rotatable bonds is 3. The number of aromatic nitrogens is 4. The van der Waals surface area contributed by atoms with Crippen molar-refractivity contribution >= 4 is 11.5 Å². The fourth-order valence-corrected chi connectivity index (χ4v) is 3.15. The molecular formula is C21H28F2N6. The molecular weight excluding hydrogens is 374 g/mol. The number of nitrogens with zero attached hydrogens (tertiary/aromatic N) is 4. The third-order valence-electron chi connectivity index (χ3n) is 4.69. The van der Waals surface area contributed by atoms with Gasteiger partial charge in [0.05, 0.1) is 35.5 Å². The van der Waals surface area contributed by atoms with Crippen molar-refractivity contribution in [2.75, 3.05) is 18.4 Å². The summed E-state index contributed by atoms with van der Waals surface area (Å²) in [6.45, 7) is 11.0. The van der Waals surface area contributed by atoms with Gasteiger partial charge in [-0.3, -0.25) is 9.38 Å². The van der Waals surface area contributed by atoms with Crippen LogP contribution < -0.4 is 10.6 Å². The van der Waals surface area contributed by atoms with Crippen molar-refractivity contribution in [1.29, 1.82) is 0 Å². The largest absolute Gasteiger partial charge is 0.363 e. The highest BCUT2D eigenvalue weighted by Gasteiger charge is 2.27. The lowest BCUT2D eigenvalue weighted by molar-refractivity contribution is 0.342. The monoisotopic (exact) mass is 402 g/mol. The van der Waals surface area contributed by atoms with Gasteiger partial charge in [-0.2, -0.15) is 0 Å². The molecule has 6 nitrogen and oxygen atoms in total. The van der Waals surface area contributed by atoms with Crippen molar-refractivity contribution in [3.05, 3.63) is 42.2 Å². The SMILES string of the molecule is CC.CC(C)(C)c1cn2c(-c3cc(F)cc(NC4CNCC4F)n3)cnc2cn1. The molecule has 2 atom stereocenters. The molecule has 1 saturated heterocycles. The molecule has 0 amide bonds. The van der Waals surface area contributed by atoms with Gasteiger partial charge in [0.25, 0.3) is 0 Å². The summed E-state index contributed by atoms with van der Waals surface area (Å²) in [6.07, 6.45) is 4.20. The third kappa shape index (κ3) is 4.53. The molecule has 3 aromatic heterocycles. The summed E-state index contributed by atoms with van der Waals surface area (Å²) in [5, 5.41) is 5.95. The van der Waals surface area contributed by atoms with Crippen LogP contribution in [0.15, 0.2) is 30.7 Å². The predicted octanol–water partition coefficient (Wildman–Crippen LogP) is 3.98. The second-order valence-electron chi connectivity index (χ2n) is 7.88. The van der Waals surface area contributed by atoms with Gasteiger partial charge in [0.1, 0.15) is 17.8 Å². The first-order valence-electron chi connectivity index (χ1n) is 9.94. The van der Waals surface area contributed by atoms with Crippen molar-refractivity contribution in [3.8, 4) is 11.4 Å². The van der Waals surface area contributed by atoms with E-state index in [9.17, 15) is 8.78 Å². The summed E-state index contributed by atoms with van der Waals surface area (Å²) in [4.78, 5) is 13.3. The molecule has 0 aromatic carbocycles. The van der Waals surface area contributed by atoms with E-state index in [2.05, 4.69) is 46.4 Å². The van der Waals surface area contributed by atoms with Gasteiger partial charge in [-0.05, 0) is 0 Å². The zero-order chi connectivity index (χ0) is 21.2. The number of nitrogens with one attached hydrogen (secondary N) is 2. The molecule has 0 bridgehead atoms. The van der Waals surface area contributed by atoms with Crippen molar-refractivity contribution in [2.24, 2.45) is 0 Å². The maximum Gasteiger partial charge on any atom is 0.155 e. The van der Waals surface area contributed by atoms with E-state index in [1.165, 1.54) is 12.1 Å². The minimum absolute atomic E-state index is 0.135. The summed E-state index contributed by atoms with van der Waals surface area (Å²) < 4.78 is 29.9. The summed E-state index contributed by atoms with van der Waals surface area (Å²) >= 11 is 0. The van der Waals surface area contributed by atoms with Crippen LogP contribution in [-0.2, 0) is 5.41 Å². The maximum absolute atomic E-state index is 14.2. The Morgan fingerprint density at radius 2 is 1.90 bits per heavy atom. The van der Waals surface area contributed by atoms with E-state index in [1.807, 2.05) is 24.4 Å². The number of halogens is 2. The zero-order valence-corrected chi connectivity index (χ0v) is 17.5. The Hall–Kier alpha value is -2.61. The third-order valence-corrected chi connectivity index (χ3v) is 4.69. The van der Waals surface area contributed by atoms with Crippen LogP contribution in [0, 0.1) is 5.82 Å². The molecule has 2 unspecified atom stereocenters. The Labute approximate surface area is 169 Å². The van der Waals surface area contributed by atoms with Crippen LogP contribution in [0.1, 0.15) is 40.3 Å². The average Bonchev–Trinajstić information content (AvgIpc) is 3.28. The minimum Gasteiger partial charge on any atom is -0.363 e. The second-order valence-corrected chi connectivity index (χ2v) is 7.88. The van der Waals surface area contributed by atoms with Crippen molar-refractivity contribution < 1.29 is 8.78 Å². The molecule has 0 radical (unpaired) electrons. The molecule has 1 fully saturated rings. The van der Waals surface area contributed by atoms with Crippen LogP contribution in [0.2, 0.25) is 0 Å². The van der Waals surface area contributed by atoms with E-state index < -0.39 is 18.0 Å². The van der Waals surface area contributed by atoms with Gasteiger partial charge in [-0.1, -0.05) is 34.6 Å². The van der Waals surface area contributed by atoms with Crippen LogP contribution in [0.25, 0.3) is 17.0 Å². The molecule has 3 aromatic rings. The number of hydrogen-bond donors (Lipinski definition) is 2. The van der Waals surface area contributed by atoms with Gasteiger partial charge < -0.3 is 10.6 Å². The fraction of sp³-hybridized carbons (Fsp3) is 0.476. The number of hydrogen-bond acceptors (Lipinski definition) is 5. The highest BCUT2D eigenvalue weighted by Crippen LogP contribution is 2.25.